The average molecular weight is 264 g/mol. The maximum atomic E-state index is 10.8. The van der Waals surface area contributed by atoms with Crippen molar-refractivity contribution in [2.24, 2.45) is 5.41 Å². The van der Waals surface area contributed by atoms with Gasteiger partial charge in [-0.25, -0.2) is 0 Å². The molecule has 0 aliphatic heterocycles. The molecule has 0 radical (unpaired) electrons. The summed E-state index contributed by atoms with van der Waals surface area (Å²) in [6, 6.07) is 6.58. The molecule has 0 bridgehead atoms. The van der Waals surface area contributed by atoms with E-state index >= 15 is 0 Å². The lowest BCUT2D eigenvalue weighted by Crippen LogP contribution is -2.13. The van der Waals surface area contributed by atoms with Crippen LogP contribution in [0.5, 0.6) is 11.5 Å². The van der Waals surface area contributed by atoms with Crippen molar-refractivity contribution in [2.45, 2.75) is 20.3 Å². The van der Waals surface area contributed by atoms with Gasteiger partial charge in [0.05, 0.1) is 36.2 Å². The van der Waals surface area contributed by atoms with Crippen LogP contribution in [0, 0.1) is 26.9 Å². The third-order valence-electron chi connectivity index (χ3n) is 2.65. The van der Waals surface area contributed by atoms with E-state index in [1.54, 1.807) is 6.07 Å². The Morgan fingerprint density at radius 3 is 2.68 bits per heavy atom. The Bertz CT molecular complexity index is 506. The molecule has 102 valence electrons. The van der Waals surface area contributed by atoms with Crippen molar-refractivity contribution in [3.63, 3.8) is 0 Å². The first-order chi connectivity index (χ1) is 8.89. The molecule has 0 aliphatic rings. The van der Waals surface area contributed by atoms with Gasteiger partial charge in [-0.05, 0) is 32.4 Å². The van der Waals surface area contributed by atoms with Crippen LogP contribution in [0.4, 0.5) is 5.69 Å². The third-order valence-corrected chi connectivity index (χ3v) is 2.65. The van der Waals surface area contributed by atoms with Gasteiger partial charge in [0, 0.05) is 0 Å². The van der Waals surface area contributed by atoms with Crippen molar-refractivity contribution in [3.8, 4) is 17.6 Å². The van der Waals surface area contributed by atoms with Crippen molar-refractivity contribution in [2.75, 3.05) is 13.7 Å². The van der Waals surface area contributed by atoms with Crippen LogP contribution in [0.3, 0.4) is 0 Å². The number of nitriles is 1. The number of hydrogen-bond donors (Lipinski definition) is 0. The summed E-state index contributed by atoms with van der Waals surface area (Å²) < 4.78 is 10.3. The van der Waals surface area contributed by atoms with Crippen LogP contribution in [-0.4, -0.2) is 18.6 Å². The first-order valence-electron chi connectivity index (χ1n) is 5.76. The molecule has 0 amide bonds. The molecule has 0 heterocycles. The van der Waals surface area contributed by atoms with Gasteiger partial charge in [-0.3, -0.25) is 10.1 Å². The molecule has 0 saturated carbocycles. The molecule has 1 aromatic carbocycles. The second-order valence-corrected chi connectivity index (χ2v) is 4.68. The molecule has 0 spiro atoms. The van der Waals surface area contributed by atoms with Crippen LogP contribution >= 0.6 is 0 Å². The van der Waals surface area contributed by atoms with E-state index in [-0.39, 0.29) is 11.4 Å². The van der Waals surface area contributed by atoms with Crippen LogP contribution in [0.15, 0.2) is 18.2 Å². The summed E-state index contributed by atoms with van der Waals surface area (Å²) in [4.78, 5) is 10.3. The number of nitrogens with zero attached hydrogens (tertiary/aromatic N) is 2. The van der Waals surface area contributed by atoms with E-state index in [1.165, 1.54) is 19.2 Å². The minimum atomic E-state index is -0.523. The molecule has 0 aliphatic carbocycles. The highest BCUT2D eigenvalue weighted by molar-refractivity contribution is 5.50. The predicted octanol–water partition coefficient (Wildman–Crippen LogP) is 2.92. The van der Waals surface area contributed by atoms with Crippen LogP contribution in [0.2, 0.25) is 0 Å². The van der Waals surface area contributed by atoms with Crippen LogP contribution in [0.25, 0.3) is 0 Å². The molecule has 0 saturated heterocycles. The van der Waals surface area contributed by atoms with Gasteiger partial charge in [0.2, 0.25) is 0 Å². The van der Waals surface area contributed by atoms with Crippen LogP contribution < -0.4 is 9.47 Å². The highest BCUT2D eigenvalue weighted by Crippen LogP contribution is 2.31. The fourth-order valence-electron chi connectivity index (χ4n) is 1.38. The van der Waals surface area contributed by atoms with Gasteiger partial charge in [0.25, 0.3) is 0 Å². The minimum Gasteiger partial charge on any atom is -0.493 e. The number of rotatable bonds is 6. The quantitative estimate of drug-likeness (QED) is 0.582. The van der Waals surface area contributed by atoms with Gasteiger partial charge in [-0.15, -0.1) is 0 Å². The van der Waals surface area contributed by atoms with Crippen LogP contribution in [-0.2, 0) is 0 Å². The third kappa shape index (κ3) is 4.14. The zero-order chi connectivity index (χ0) is 14.5. The number of benzene rings is 1. The Balaban J connectivity index is 2.73. The fraction of sp³-hybridized carbons (Fsp3) is 0.462. The number of nitro groups is 1. The Labute approximate surface area is 111 Å². The van der Waals surface area contributed by atoms with Gasteiger partial charge in [0.1, 0.15) is 5.75 Å². The molecule has 0 N–H and O–H groups in total. The molecule has 0 fully saturated rings. The maximum Gasteiger partial charge on any atom is 0.314 e. The number of hydrogen-bond acceptors (Lipinski definition) is 5. The zero-order valence-electron chi connectivity index (χ0n) is 11.2. The molecule has 0 aromatic heterocycles. The standard InChI is InChI=1S/C13H16N2O4/c1-13(2,9-14)6-7-19-10-4-5-12(18-3)11(8-10)15(16)17/h4-5,8H,6-7H2,1-3H3. The SMILES string of the molecule is COc1ccc(OCCC(C)(C)C#N)cc1[N+](=O)[O-]. The molecule has 6 nitrogen and oxygen atoms in total. The van der Waals surface area contributed by atoms with Gasteiger partial charge >= 0.3 is 5.69 Å². The molecule has 1 aromatic rings. The minimum absolute atomic E-state index is 0.139. The Morgan fingerprint density at radius 1 is 1.47 bits per heavy atom. The second-order valence-electron chi connectivity index (χ2n) is 4.68. The monoisotopic (exact) mass is 264 g/mol. The largest absolute Gasteiger partial charge is 0.493 e. The summed E-state index contributed by atoms with van der Waals surface area (Å²) in [6.07, 6.45) is 0.545. The molecule has 0 unspecified atom stereocenters. The zero-order valence-corrected chi connectivity index (χ0v) is 11.2. The van der Waals surface area contributed by atoms with Crippen molar-refractivity contribution in [1.82, 2.24) is 0 Å². The summed E-state index contributed by atoms with van der Waals surface area (Å²) in [7, 11) is 1.37. The van der Waals surface area contributed by atoms with E-state index in [4.69, 9.17) is 14.7 Å². The predicted molar refractivity (Wildman–Crippen MR) is 69.2 cm³/mol. The van der Waals surface area contributed by atoms with Gasteiger partial charge < -0.3 is 9.47 Å². The van der Waals surface area contributed by atoms with Crippen LogP contribution in [0.1, 0.15) is 20.3 Å². The first kappa shape index (κ1) is 14.8. The van der Waals surface area contributed by atoms with E-state index in [9.17, 15) is 10.1 Å². The molecule has 19 heavy (non-hydrogen) atoms. The molecule has 6 heteroatoms. The normalized spacial score (nSPS) is 10.6. The number of nitro benzene ring substituents is 1. The smallest absolute Gasteiger partial charge is 0.314 e. The Morgan fingerprint density at radius 2 is 2.16 bits per heavy atom. The van der Waals surface area contributed by atoms with E-state index in [0.717, 1.165) is 0 Å². The summed E-state index contributed by atoms with van der Waals surface area (Å²) in [5.74, 6) is 0.580. The van der Waals surface area contributed by atoms with Crippen molar-refractivity contribution in [1.29, 1.82) is 5.26 Å². The first-order valence-corrected chi connectivity index (χ1v) is 5.76. The maximum absolute atomic E-state index is 10.8. The molecular formula is C13H16N2O4. The van der Waals surface area contributed by atoms with Gasteiger partial charge in [-0.1, -0.05) is 0 Å². The second kappa shape index (κ2) is 6.05. The molecule has 1 rings (SSSR count). The average Bonchev–Trinajstić information content (AvgIpc) is 2.38. The highest BCUT2D eigenvalue weighted by Gasteiger charge is 2.18. The van der Waals surface area contributed by atoms with E-state index in [0.29, 0.717) is 18.8 Å². The van der Waals surface area contributed by atoms with E-state index < -0.39 is 10.3 Å². The summed E-state index contributed by atoms with van der Waals surface area (Å²) in [6.45, 7) is 3.95. The number of ether oxygens (including phenoxy) is 2. The molecular weight excluding hydrogens is 248 g/mol. The van der Waals surface area contributed by atoms with Crippen molar-refractivity contribution in [3.05, 3.63) is 28.3 Å². The lowest BCUT2D eigenvalue weighted by atomic mass is 9.92. The topological polar surface area (TPSA) is 85.4 Å². The van der Waals surface area contributed by atoms with Gasteiger partial charge in [-0.2, -0.15) is 5.26 Å². The van der Waals surface area contributed by atoms with E-state index in [1.807, 2.05) is 13.8 Å². The number of methoxy groups -OCH3 is 1. The Kier molecular flexibility index (Phi) is 4.70. The van der Waals surface area contributed by atoms with Crippen molar-refractivity contribution >= 4 is 5.69 Å². The summed E-state index contributed by atoms with van der Waals surface area (Å²) >= 11 is 0. The van der Waals surface area contributed by atoms with E-state index in [2.05, 4.69) is 6.07 Å². The van der Waals surface area contributed by atoms with Gasteiger partial charge in [0.15, 0.2) is 5.75 Å². The van der Waals surface area contributed by atoms with Crippen molar-refractivity contribution < 1.29 is 14.4 Å². The molecule has 0 atom stereocenters. The lowest BCUT2D eigenvalue weighted by Gasteiger charge is -2.15. The summed E-state index contributed by atoms with van der Waals surface area (Å²) in [5.41, 5.74) is -0.613. The summed E-state index contributed by atoms with van der Waals surface area (Å²) in [5, 5.41) is 19.7. The highest BCUT2D eigenvalue weighted by atomic mass is 16.6. The fourth-order valence-corrected chi connectivity index (χ4v) is 1.38. The Hall–Kier alpha value is -2.29. The lowest BCUT2D eigenvalue weighted by molar-refractivity contribution is -0.385.